The maximum atomic E-state index is 12.5. The van der Waals surface area contributed by atoms with Gasteiger partial charge in [-0.15, -0.1) is 0 Å². The van der Waals surface area contributed by atoms with Gasteiger partial charge < -0.3 is 14.7 Å². The molecule has 0 spiro atoms. The molecule has 0 saturated heterocycles. The van der Waals surface area contributed by atoms with Crippen LogP contribution in [0.3, 0.4) is 0 Å². The molecule has 0 radical (unpaired) electrons. The van der Waals surface area contributed by atoms with E-state index >= 15 is 0 Å². The molecule has 5 nitrogen and oxygen atoms in total. The van der Waals surface area contributed by atoms with Crippen LogP contribution in [0.2, 0.25) is 0 Å². The average molecular weight is 277 g/mol. The van der Waals surface area contributed by atoms with Crippen LogP contribution in [-0.4, -0.2) is 29.1 Å². The molecule has 1 aliphatic rings. The summed E-state index contributed by atoms with van der Waals surface area (Å²) < 4.78 is 5.69. The topological polar surface area (TPSA) is 66.8 Å². The molecule has 0 unspecified atom stereocenters. The van der Waals surface area contributed by atoms with Gasteiger partial charge >= 0.3 is 5.97 Å². The lowest BCUT2D eigenvalue weighted by Gasteiger charge is -2.39. The summed E-state index contributed by atoms with van der Waals surface area (Å²) in [6.07, 6.45) is 1.82. The minimum atomic E-state index is -1.01. The molecule has 20 heavy (non-hydrogen) atoms. The van der Waals surface area contributed by atoms with Crippen LogP contribution in [0.1, 0.15) is 44.0 Å². The zero-order valence-electron chi connectivity index (χ0n) is 12.0. The third-order valence-electron chi connectivity index (χ3n) is 3.36. The zero-order valence-corrected chi connectivity index (χ0v) is 12.0. The van der Waals surface area contributed by atoms with E-state index in [2.05, 4.69) is 0 Å². The highest BCUT2D eigenvalue weighted by molar-refractivity contribution is 6.03. The molecule has 2 rings (SSSR count). The Bertz CT molecular complexity index is 551. The van der Waals surface area contributed by atoms with E-state index in [1.807, 2.05) is 6.92 Å². The van der Waals surface area contributed by atoms with Gasteiger partial charge in [0.1, 0.15) is 5.75 Å². The summed E-state index contributed by atoms with van der Waals surface area (Å²) in [6, 6.07) is 4.61. The van der Waals surface area contributed by atoms with E-state index in [1.54, 1.807) is 24.8 Å². The predicted molar refractivity (Wildman–Crippen MR) is 75.4 cm³/mol. The Kier molecular flexibility index (Phi) is 3.70. The van der Waals surface area contributed by atoms with Gasteiger partial charge in [0.15, 0.2) is 5.60 Å². The molecule has 0 aromatic heterocycles. The fourth-order valence-electron chi connectivity index (χ4n) is 2.24. The number of carbonyl (C=O) groups is 2. The van der Waals surface area contributed by atoms with Crippen LogP contribution in [0.15, 0.2) is 18.2 Å². The molecule has 0 bridgehead atoms. The van der Waals surface area contributed by atoms with Gasteiger partial charge in [-0.05, 0) is 38.5 Å². The minimum Gasteiger partial charge on any atom is -0.478 e. The summed E-state index contributed by atoms with van der Waals surface area (Å²) in [5.74, 6) is -0.600. The fourth-order valence-corrected chi connectivity index (χ4v) is 2.24. The number of carboxylic acid groups (broad SMARTS) is 1. The maximum absolute atomic E-state index is 12.5. The quantitative estimate of drug-likeness (QED) is 0.918. The number of amides is 1. The number of ether oxygens (including phenoxy) is 1. The SMILES string of the molecule is CCCCN1C(=O)C(C)(C)Oc2ccc(C(=O)O)cc21. The van der Waals surface area contributed by atoms with Gasteiger partial charge in [-0.25, -0.2) is 4.79 Å². The van der Waals surface area contributed by atoms with E-state index in [0.29, 0.717) is 18.0 Å². The van der Waals surface area contributed by atoms with Gasteiger partial charge in [-0.3, -0.25) is 4.79 Å². The van der Waals surface area contributed by atoms with Crippen LogP contribution in [0, 0.1) is 0 Å². The summed E-state index contributed by atoms with van der Waals surface area (Å²) in [7, 11) is 0. The Balaban J connectivity index is 2.47. The number of hydrogen-bond acceptors (Lipinski definition) is 3. The first-order chi connectivity index (χ1) is 9.36. The van der Waals surface area contributed by atoms with Gasteiger partial charge in [-0.1, -0.05) is 13.3 Å². The van der Waals surface area contributed by atoms with Crippen LogP contribution >= 0.6 is 0 Å². The van der Waals surface area contributed by atoms with Crippen molar-refractivity contribution in [1.29, 1.82) is 0 Å². The van der Waals surface area contributed by atoms with Crippen LogP contribution < -0.4 is 9.64 Å². The molecule has 0 saturated carbocycles. The van der Waals surface area contributed by atoms with Crippen LogP contribution in [0.5, 0.6) is 5.75 Å². The van der Waals surface area contributed by atoms with Crippen molar-refractivity contribution in [2.75, 3.05) is 11.4 Å². The average Bonchev–Trinajstić information content (AvgIpc) is 2.38. The van der Waals surface area contributed by atoms with Crippen molar-refractivity contribution in [3.05, 3.63) is 23.8 Å². The fraction of sp³-hybridized carbons (Fsp3) is 0.467. The highest BCUT2D eigenvalue weighted by Crippen LogP contribution is 2.38. The van der Waals surface area contributed by atoms with Crippen molar-refractivity contribution >= 4 is 17.6 Å². The Morgan fingerprint density at radius 1 is 1.40 bits per heavy atom. The molecular formula is C15H19NO4. The van der Waals surface area contributed by atoms with Crippen LogP contribution in [0.25, 0.3) is 0 Å². The van der Waals surface area contributed by atoms with Crippen molar-refractivity contribution in [1.82, 2.24) is 0 Å². The number of unbranched alkanes of at least 4 members (excludes halogenated alkanes) is 1. The number of anilines is 1. The zero-order chi connectivity index (χ0) is 14.9. The molecule has 0 aliphatic carbocycles. The van der Waals surface area contributed by atoms with E-state index in [4.69, 9.17) is 9.84 Å². The first-order valence-corrected chi connectivity index (χ1v) is 6.75. The maximum Gasteiger partial charge on any atom is 0.335 e. The summed E-state index contributed by atoms with van der Waals surface area (Å²) in [6.45, 7) is 6.06. The number of benzene rings is 1. The lowest BCUT2D eigenvalue weighted by atomic mass is 10.0. The second-order valence-corrected chi connectivity index (χ2v) is 5.41. The van der Waals surface area contributed by atoms with E-state index in [0.717, 1.165) is 12.8 Å². The number of hydrogen-bond donors (Lipinski definition) is 1. The van der Waals surface area contributed by atoms with Crippen molar-refractivity contribution < 1.29 is 19.4 Å². The molecule has 108 valence electrons. The smallest absolute Gasteiger partial charge is 0.335 e. The largest absolute Gasteiger partial charge is 0.478 e. The second kappa shape index (κ2) is 5.15. The Morgan fingerprint density at radius 3 is 2.70 bits per heavy atom. The minimum absolute atomic E-state index is 0.138. The molecule has 0 fully saturated rings. The van der Waals surface area contributed by atoms with Crippen LogP contribution in [0.4, 0.5) is 5.69 Å². The van der Waals surface area contributed by atoms with Crippen molar-refractivity contribution in [3.8, 4) is 5.75 Å². The molecule has 1 aliphatic heterocycles. The van der Waals surface area contributed by atoms with Gasteiger partial charge in [0, 0.05) is 6.54 Å². The normalized spacial score (nSPS) is 16.6. The summed E-state index contributed by atoms with van der Waals surface area (Å²) in [5.41, 5.74) is -0.227. The predicted octanol–water partition coefficient (Wildman–Crippen LogP) is 2.69. The van der Waals surface area contributed by atoms with Gasteiger partial charge in [-0.2, -0.15) is 0 Å². The summed E-state index contributed by atoms with van der Waals surface area (Å²) >= 11 is 0. The third kappa shape index (κ3) is 2.48. The lowest BCUT2D eigenvalue weighted by molar-refractivity contribution is -0.132. The van der Waals surface area contributed by atoms with E-state index in [9.17, 15) is 9.59 Å². The Labute approximate surface area is 118 Å². The van der Waals surface area contributed by atoms with Gasteiger partial charge in [0.2, 0.25) is 0 Å². The molecular weight excluding hydrogens is 258 g/mol. The van der Waals surface area contributed by atoms with Crippen LogP contribution in [-0.2, 0) is 4.79 Å². The molecule has 1 heterocycles. The number of rotatable bonds is 4. The summed E-state index contributed by atoms with van der Waals surface area (Å²) in [4.78, 5) is 25.2. The highest BCUT2D eigenvalue weighted by Gasteiger charge is 2.40. The monoisotopic (exact) mass is 277 g/mol. The summed E-state index contributed by atoms with van der Waals surface area (Å²) in [5, 5.41) is 9.07. The van der Waals surface area contributed by atoms with Crippen molar-refractivity contribution in [2.45, 2.75) is 39.2 Å². The first-order valence-electron chi connectivity index (χ1n) is 6.75. The van der Waals surface area contributed by atoms with Crippen molar-refractivity contribution in [3.63, 3.8) is 0 Å². The highest BCUT2D eigenvalue weighted by atomic mass is 16.5. The number of aromatic carboxylic acids is 1. The molecule has 0 atom stereocenters. The molecule has 1 aromatic carbocycles. The van der Waals surface area contributed by atoms with E-state index in [-0.39, 0.29) is 11.5 Å². The standard InChI is InChI=1S/C15H19NO4/c1-4-5-8-16-11-9-10(13(17)18)6-7-12(11)20-15(2,3)14(16)19/h6-7,9H,4-5,8H2,1-3H3,(H,17,18). The molecule has 1 aromatic rings. The van der Waals surface area contributed by atoms with Gasteiger partial charge in [0.05, 0.1) is 11.3 Å². The number of fused-ring (bicyclic) bond motifs is 1. The third-order valence-corrected chi connectivity index (χ3v) is 3.36. The van der Waals surface area contributed by atoms with Crippen molar-refractivity contribution in [2.24, 2.45) is 0 Å². The molecule has 5 heteroatoms. The number of nitrogens with zero attached hydrogens (tertiary/aromatic N) is 1. The van der Waals surface area contributed by atoms with E-state index in [1.165, 1.54) is 12.1 Å². The second-order valence-electron chi connectivity index (χ2n) is 5.41. The lowest BCUT2D eigenvalue weighted by Crippen LogP contribution is -2.52. The Morgan fingerprint density at radius 2 is 2.10 bits per heavy atom. The van der Waals surface area contributed by atoms with E-state index < -0.39 is 11.6 Å². The molecule has 1 N–H and O–H groups in total. The Hall–Kier alpha value is -2.04. The number of carbonyl (C=O) groups excluding carboxylic acids is 1. The first kappa shape index (κ1) is 14.4. The van der Waals surface area contributed by atoms with Gasteiger partial charge in [0.25, 0.3) is 5.91 Å². The number of carboxylic acids is 1. The molecule has 1 amide bonds.